The number of benzene rings is 2. The smallest absolute Gasteiger partial charge is 0.274 e. The fourth-order valence-electron chi connectivity index (χ4n) is 2.29. The van der Waals surface area contributed by atoms with E-state index in [-0.39, 0.29) is 10.7 Å². The molecule has 0 saturated heterocycles. The highest BCUT2D eigenvalue weighted by Gasteiger charge is 2.20. The number of anilines is 1. The lowest BCUT2D eigenvalue weighted by Crippen LogP contribution is -2.11. The highest BCUT2D eigenvalue weighted by Crippen LogP contribution is 2.39. The SMILES string of the molecule is Cc1ccc(NC(=O)c2sc3cccc(Cl)c3c2Cl)cc1[N+](=O)[O-]. The summed E-state index contributed by atoms with van der Waals surface area (Å²) in [5.74, 6) is -0.435. The standard InChI is InChI=1S/C16H10Cl2N2O3S/c1-8-5-6-9(7-11(8)20(22)23)19-16(21)15-14(18)13-10(17)3-2-4-12(13)24-15/h2-7H,1H3,(H,19,21). The summed E-state index contributed by atoms with van der Waals surface area (Å²) in [6, 6.07) is 9.81. The number of hydrogen-bond donors (Lipinski definition) is 1. The van der Waals surface area contributed by atoms with Gasteiger partial charge in [0.2, 0.25) is 0 Å². The highest BCUT2D eigenvalue weighted by molar-refractivity contribution is 7.21. The second kappa shape index (κ2) is 6.39. The highest BCUT2D eigenvalue weighted by atomic mass is 35.5. The molecule has 0 atom stereocenters. The van der Waals surface area contributed by atoms with Crippen LogP contribution in [0.1, 0.15) is 15.2 Å². The third kappa shape index (κ3) is 2.96. The van der Waals surface area contributed by atoms with Gasteiger partial charge in [0.15, 0.2) is 0 Å². The summed E-state index contributed by atoms with van der Waals surface area (Å²) < 4.78 is 0.799. The van der Waals surface area contributed by atoms with Gasteiger partial charge in [0, 0.05) is 27.4 Å². The molecule has 5 nitrogen and oxygen atoms in total. The van der Waals surface area contributed by atoms with Crippen LogP contribution in [0.2, 0.25) is 10.0 Å². The van der Waals surface area contributed by atoms with Crippen LogP contribution in [0.15, 0.2) is 36.4 Å². The first-order valence-electron chi connectivity index (χ1n) is 6.81. The molecular weight excluding hydrogens is 371 g/mol. The number of nitro groups is 1. The third-order valence-corrected chi connectivity index (χ3v) is 5.43. The number of rotatable bonds is 3. The van der Waals surface area contributed by atoms with E-state index in [1.807, 2.05) is 6.07 Å². The number of hydrogen-bond acceptors (Lipinski definition) is 4. The lowest BCUT2D eigenvalue weighted by molar-refractivity contribution is -0.385. The molecule has 3 aromatic rings. The van der Waals surface area contributed by atoms with Crippen molar-refractivity contribution in [1.29, 1.82) is 0 Å². The Labute approximate surface area is 151 Å². The summed E-state index contributed by atoms with van der Waals surface area (Å²) >= 11 is 13.6. The van der Waals surface area contributed by atoms with Gasteiger partial charge in [-0.1, -0.05) is 35.3 Å². The molecule has 1 N–H and O–H groups in total. The second-order valence-electron chi connectivity index (χ2n) is 5.07. The van der Waals surface area contributed by atoms with Crippen LogP contribution in [0.4, 0.5) is 11.4 Å². The second-order valence-corrected chi connectivity index (χ2v) is 6.91. The lowest BCUT2D eigenvalue weighted by atomic mass is 10.2. The molecule has 0 saturated carbocycles. The van der Waals surface area contributed by atoms with Crippen molar-refractivity contribution in [3.05, 3.63) is 67.0 Å². The molecule has 0 unspecified atom stereocenters. The number of nitrogens with zero attached hydrogens (tertiary/aromatic N) is 1. The van der Waals surface area contributed by atoms with Crippen molar-refractivity contribution in [3.63, 3.8) is 0 Å². The van der Waals surface area contributed by atoms with E-state index in [1.165, 1.54) is 17.4 Å². The Bertz CT molecular complexity index is 985. The van der Waals surface area contributed by atoms with E-state index in [2.05, 4.69) is 5.32 Å². The van der Waals surface area contributed by atoms with Crippen LogP contribution in [-0.2, 0) is 0 Å². The summed E-state index contributed by atoms with van der Waals surface area (Å²) in [6.07, 6.45) is 0. The van der Waals surface area contributed by atoms with Gasteiger partial charge in [-0.3, -0.25) is 14.9 Å². The number of nitro benzene ring substituents is 1. The molecule has 8 heteroatoms. The number of aryl methyl sites for hydroxylation is 1. The van der Waals surface area contributed by atoms with E-state index in [1.54, 1.807) is 31.2 Å². The van der Waals surface area contributed by atoms with Crippen molar-refractivity contribution in [2.24, 2.45) is 0 Å². The molecule has 0 aliphatic heterocycles. The van der Waals surface area contributed by atoms with Crippen molar-refractivity contribution in [2.45, 2.75) is 6.92 Å². The van der Waals surface area contributed by atoms with Crippen LogP contribution in [0.25, 0.3) is 10.1 Å². The van der Waals surface area contributed by atoms with E-state index in [0.717, 1.165) is 4.70 Å². The molecule has 122 valence electrons. The van der Waals surface area contributed by atoms with Crippen molar-refractivity contribution >= 4 is 61.9 Å². The Morgan fingerprint density at radius 1 is 1.25 bits per heavy atom. The molecule has 3 rings (SSSR count). The van der Waals surface area contributed by atoms with E-state index in [0.29, 0.717) is 26.5 Å². The fourth-order valence-corrected chi connectivity index (χ4v) is 4.14. The Morgan fingerprint density at radius 2 is 2.00 bits per heavy atom. The van der Waals surface area contributed by atoms with Gasteiger partial charge in [0.25, 0.3) is 11.6 Å². The van der Waals surface area contributed by atoms with Crippen LogP contribution < -0.4 is 5.32 Å². The molecule has 0 aliphatic carbocycles. The molecule has 0 bridgehead atoms. The average Bonchev–Trinajstić information content (AvgIpc) is 2.87. The normalized spacial score (nSPS) is 10.8. The minimum absolute atomic E-state index is 0.0571. The summed E-state index contributed by atoms with van der Waals surface area (Å²) in [5.41, 5.74) is 0.792. The Kier molecular flexibility index (Phi) is 4.45. The average molecular weight is 381 g/mol. The maximum absolute atomic E-state index is 12.5. The maximum atomic E-state index is 12.5. The molecule has 0 spiro atoms. The zero-order valence-electron chi connectivity index (χ0n) is 12.3. The van der Waals surface area contributed by atoms with Gasteiger partial charge in [-0.25, -0.2) is 0 Å². The first-order chi connectivity index (χ1) is 11.4. The summed E-state index contributed by atoms with van der Waals surface area (Å²) in [6.45, 7) is 1.63. The number of thiophene rings is 1. The summed E-state index contributed by atoms with van der Waals surface area (Å²) in [7, 11) is 0. The number of amides is 1. The van der Waals surface area contributed by atoms with Crippen LogP contribution >= 0.6 is 34.5 Å². The Balaban J connectivity index is 1.96. The predicted molar refractivity (Wildman–Crippen MR) is 97.6 cm³/mol. The van der Waals surface area contributed by atoms with Crippen LogP contribution in [0.5, 0.6) is 0 Å². The molecule has 0 aliphatic rings. The van der Waals surface area contributed by atoms with Crippen molar-refractivity contribution in [2.75, 3.05) is 5.32 Å². The fraction of sp³-hybridized carbons (Fsp3) is 0.0625. The van der Waals surface area contributed by atoms with Gasteiger partial charge in [0.1, 0.15) is 4.88 Å². The molecule has 2 aromatic carbocycles. The maximum Gasteiger partial charge on any atom is 0.274 e. The van der Waals surface area contributed by atoms with Gasteiger partial charge in [0.05, 0.1) is 15.0 Å². The quantitative estimate of drug-likeness (QED) is 0.469. The van der Waals surface area contributed by atoms with Gasteiger partial charge < -0.3 is 5.32 Å². The molecular formula is C16H10Cl2N2O3S. The van der Waals surface area contributed by atoms with Crippen LogP contribution in [0.3, 0.4) is 0 Å². The van der Waals surface area contributed by atoms with E-state index in [9.17, 15) is 14.9 Å². The lowest BCUT2D eigenvalue weighted by Gasteiger charge is -2.05. The number of carbonyl (C=O) groups is 1. The van der Waals surface area contributed by atoms with Crippen LogP contribution in [-0.4, -0.2) is 10.8 Å². The number of carbonyl (C=O) groups excluding carboxylic acids is 1. The van der Waals surface area contributed by atoms with E-state index < -0.39 is 10.8 Å². The summed E-state index contributed by atoms with van der Waals surface area (Å²) in [4.78, 5) is 23.3. The monoisotopic (exact) mass is 380 g/mol. The molecule has 1 heterocycles. The zero-order valence-corrected chi connectivity index (χ0v) is 14.6. The number of fused-ring (bicyclic) bond motifs is 1. The van der Waals surface area contributed by atoms with Crippen LogP contribution in [0, 0.1) is 17.0 Å². The van der Waals surface area contributed by atoms with Gasteiger partial charge >= 0.3 is 0 Å². The van der Waals surface area contributed by atoms with Crippen molar-refractivity contribution in [1.82, 2.24) is 0 Å². The minimum Gasteiger partial charge on any atom is -0.321 e. The van der Waals surface area contributed by atoms with Crippen molar-refractivity contribution in [3.8, 4) is 0 Å². The largest absolute Gasteiger partial charge is 0.321 e. The van der Waals surface area contributed by atoms with Gasteiger partial charge in [-0.05, 0) is 25.1 Å². The number of nitrogens with one attached hydrogen (secondary N) is 1. The molecule has 1 aromatic heterocycles. The zero-order chi connectivity index (χ0) is 17.4. The molecule has 24 heavy (non-hydrogen) atoms. The Morgan fingerprint density at radius 3 is 2.67 bits per heavy atom. The predicted octanol–water partition coefficient (Wildman–Crippen LogP) is 5.68. The van der Waals surface area contributed by atoms with Crippen molar-refractivity contribution < 1.29 is 9.72 Å². The molecule has 1 amide bonds. The van der Waals surface area contributed by atoms with E-state index in [4.69, 9.17) is 23.2 Å². The first-order valence-corrected chi connectivity index (χ1v) is 8.38. The molecule has 0 fully saturated rings. The first kappa shape index (κ1) is 16.7. The minimum atomic E-state index is -0.489. The topological polar surface area (TPSA) is 72.2 Å². The molecule has 0 radical (unpaired) electrons. The van der Waals surface area contributed by atoms with Gasteiger partial charge in [-0.2, -0.15) is 0 Å². The number of halogens is 2. The van der Waals surface area contributed by atoms with E-state index >= 15 is 0 Å². The summed E-state index contributed by atoms with van der Waals surface area (Å²) in [5, 5.41) is 15.0. The van der Waals surface area contributed by atoms with Gasteiger partial charge in [-0.15, -0.1) is 11.3 Å². The third-order valence-electron chi connectivity index (χ3n) is 3.48. The Hall–Kier alpha value is -2.15.